The average molecular weight is 347 g/mol. The van der Waals surface area contributed by atoms with Gasteiger partial charge in [0.05, 0.1) is 20.2 Å². The Balaban J connectivity index is 1.83. The average Bonchev–Trinajstić information content (AvgIpc) is 3.37. The van der Waals surface area contributed by atoms with Gasteiger partial charge in [-0.3, -0.25) is 14.5 Å². The molecule has 0 heterocycles. The number of methoxy groups -OCH3 is 1. The third kappa shape index (κ3) is 6.93. The van der Waals surface area contributed by atoms with Crippen molar-refractivity contribution in [3.8, 4) is 0 Å². The summed E-state index contributed by atoms with van der Waals surface area (Å²) in [5.41, 5.74) is 0.926. The second kappa shape index (κ2) is 9.17. The Labute approximate surface area is 147 Å². The minimum absolute atomic E-state index is 0.0281. The first-order valence-corrected chi connectivity index (χ1v) is 8.37. The molecule has 1 aliphatic carbocycles. The number of nitrogens with one attached hydrogen (secondary N) is 2. The molecular weight excluding hydrogens is 322 g/mol. The first-order valence-electron chi connectivity index (χ1n) is 8.37. The van der Waals surface area contributed by atoms with E-state index < -0.39 is 12.0 Å². The van der Waals surface area contributed by atoms with Crippen molar-refractivity contribution < 1.29 is 19.1 Å². The summed E-state index contributed by atoms with van der Waals surface area (Å²) < 4.78 is 4.77. The van der Waals surface area contributed by atoms with Crippen LogP contribution in [0.4, 0.5) is 0 Å². The van der Waals surface area contributed by atoms with Crippen molar-refractivity contribution in [1.82, 2.24) is 15.5 Å². The second-order valence-corrected chi connectivity index (χ2v) is 6.35. The summed E-state index contributed by atoms with van der Waals surface area (Å²) in [5.74, 6) is -0.911. The summed E-state index contributed by atoms with van der Waals surface area (Å²) in [6.07, 6.45) is 2.40. The van der Waals surface area contributed by atoms with E-state index >= 15 is 0 Å². The second-order valence-electron chi connectivity index (χ2n) is 6.35. The number of carbonyl (C=O) groups is 3. The van der Waals surface area contributed by atoms with Crippen molar-refractivity contribution in [2.24, 2.45) is 0 Å². The van der Waals surface area contributed by atoms with Crippen molar-refractivity contribution >= 4 is 17.8 Å². The predicted molar refractivity (Wildman–Crippen MR) is 92.8 cm³/mol. The topological polar surface area (TPSA) is 87.7 Å². The van der Waals surface area contributed by atoms with Crippen molar-refractivity contribution in [3.63, 3.8) is 0 Å². The van der Waals surface area contributed by atoms with Crippen molar-refractivity contribution in [2.75, 3.05) is 27.2 Å². The molecular formula is C18H25N3O4. The number of hydrogen-bond acceptors (Lipinski definition) is 5. The fourth-order valence-electron chi connectivity index (χ4n) is 2.47. The summed E-state index contributed by atoms with van der Waals surface area (Å²) in [7, 11) is 2.98. The molecule has 0 saturated heterocycles. The van der Waals surface area contributed by atoms with Crippen LogP contribution in [-0.4, -0.2) is 62.0 Å². The molecule has 2 N–H and O–H groups in total. The third-order valence-electron chi connectivity index (χ3n) is 3.87. The first-order chi connectivity index (χ1) is 12.0. The molecule has 0 radical (unpaired) electrons. The maximum atomic E-state index is 12.2. The van der Waals surface area contributed by atoms with Gasteiger partial charge in [0.25, 0.3) is 0 Å². The molecule has 1 fully saturated rings. The Morgan fingerprint density at radius 3 is 2.40 bits per heavy atom. The molecule has 0 bridgehead atoms. The summed E-state index contributed by atoms with van der Waals surface area (Å²) in [5, 5.41) is 5.56. The monoisotopic (exact) mass is 347 g/mol. The quantitative estimate of drug-likeness (QED) is 0.619. The maximum Gasteiger partial charge on any atom is 0.328 e. The Kier molecular flexibility index (Phi) is 6.94. The van der Waals surface area contributed by atoms with E-state index in [1.807, 2.05) is 30.3 Å². The van der Waals surface area contributed by atoms with Gasteiger partial charge >= 0.3 is 5.97 Å². The van der Waals surface area contributed by atoms with Crippen LogP contribution in [0.15, 0.2) is 30.3 Å². The van der Waals surface area contributed by atoms with Crippen LogP contribution in [0.2, 0.25) is 0 Å². The number of esters is 1. The molecule has 25 heavy (non-hydrogen) atoms. The molecule has 0 aliphatic heterocycles. The smallest absolute Gasteiger partial charge is 0.328 e. The van der Waals surface area contributed by atoms with Crippen LogP contribution in [0, 0.1) is 0 Å². The van der Waals surface area contributed by atoms with E-state index in [4.69, 9.17) is 4.74 Å². The van der Waals surface area contributed by atoms with Crippen molar-refractivity contribution in [1.29, 1.82) is 0 Å². The van der Waals surface area contributed by atoms with Gasteiger partial charge in [-0.1, -0.05) is 30.3 Å². The largest absolute Gasteiger partial charge is 0.467 e. The number of likely N-dealkylation sites (N-methyl/N-ethyl adjacent to an activating group) is 1. The summed E-state index contributed by atoms with van der Waals surface area (Å²) in [6.45, 7) is 0.172. The zero-order valence-corrected chi connectivity index (χ0v) is 14.7. The highest BCUT2D eigenvalue weighted by molar-refractivity contribution is 5.86. The number of benzene rings is 1. The van der Waals surface area contributed by atoms with Gasteiger partial charge in [0.2, 0.25) is 11.8 Å². The van der Waals surface area contributed by atoms with E-state index in [1.165, 1.54) is 7.11 Å². The SMILES string of the molecule is COC(=O)[C@@H](Cc1ccccc1)NC(=O)CN(C)CC(=O)NC1CC1. The van der Waals surface area contributed by atoms with Crippen LogP contribution >= 0.6 is 0 Å². The van der Waals surface area contributed by atoms with Crippen LogP contribution < -0.4 is 10.6 Å². The van der Waals surface area contributed by atoms with Gasteiger partial charge in [-0.05, 0) is 25.5 Å². The molecule has 1 aromatic carbocycles. The van der Waals surface area contributed by atoms with Gasteiger partial charge in [-0.15, -0.1) is 0 Å². The molecule has 136 valence electrons. The molecule has 2 amide bonds. The Hall–Kier alpha value is -2.41. The molecule has 1 aromatic rings. The van der Waals surface area contributed by atoms with Gasteiger partial charge in [0, 0.05) is 12.5 Å². The maximum absolute atomic E-state index is 12.2. The number of amides is 2. The number of hydrogen-bond donors (Lipinski definition) is 2. The molecule has 0 unspecified atom stereocenters. The molecule has 1 saturated carbocycles. The van der Waals surface area contributed by atoms with Crippen LogP contribution in [0.25, 0.3) is 0 Å². The van der Waals surface area contributed by atoms with Gasteiger partial charge in [0.1, 0.15) is 6.04 Å². The normalized spacial score (nSPS) is 14.7. The van der Waals surface area contributed by atoms with E-state index in [0.29, 0.717) is 12.5 Å². The lowest BCUT2D eigenvalue weighted by molar-refractivity contribution is -0.145. The third-order valence-corrected chi connectivity index (χ3v) is 3.87. The lowest BCUT2D eigenvalue weighted by Crippen LogP contribution is -2.47. The molecule has 1 aliphatic rings. The first kappa shape index (κ1) is 18.9. The van der Waals surface area contributed by atoms with E-state index in [1.54, 1.807) is 11.9 Å². The van der Waals surface area contributed by atoms with Crippen molar-refractivity contribution in [2.45, 2.75) is 31.3 Å². The van der Waals surface area contributed by atoms with Gasteiger partial charge in [-0.2, -0.15) is 0 Å². The highest BCUT2D eigenvalue weighted by atomic mass is 16.5. The standard InChI is InChI=1S/C18H25N3O4/c1-21(11-16(22)19-14-8-9-14)12-17(23)20-15(18(24)25-2)10-13-6-4-3-5-7-13/h3-7,14-15H,8-12H2,1-2H3,(H,19,22)(H,20,23)/t15-/m1/s1. The highest BCUT2D eigenvalue weighted by Gasteiger charge is 2.25. The molecule has 1 atom stereocenters. The summed E-state index contributed by atoms with van der Waals surface area (Å²) in [4.78, 5) is 37.5. The fourth-order valence-corrected chi connectivity index (χ4v) is 2.47. The van der Waals surface area contributed by atoms with Gasteiger partial charge in [-0.25, -0.2) is 4.79 Å². The minimum Gasteiger partial charge on any atom is -0.467 e. The molecule has 0 aromatic heterocycles. The zero-order chi connectivity index (χ0) is 18.2. The molecule has 2 rings (SSSR count). The lowest BCUT2D eigenvalue weighted by Gasteiger charge is -2.20. The number of ether oxygens (including phenoxy) is 1. The highest BCUT2D eigenvalue weighted by Crippen LogP contribution is 2.18. The van der Waals surface area contributed by atoms with Crippen LogP contribution in [0.1, 0.15) is 18.4 Å². The Morgan fingerprint density at radius 2 is 1.80 bits per heavy atom. The van der Waals surface area contributed by atoms with Crippen molar-refractivity contribution in [3.05, 3.63) is 35.9 Å². The lowest BCUT2D eigenvalue weighted by atomic mass is 10.1. The molecule has 7 nitrogen and oxygen atoms in total. The van der Waals surface area contributed by atoms with Crippen LogP contribution in [-0.2, 0) is 25.5 Å². The Morgan fingerprint density at radius 1 is 1.16 bits per heavy atom. The Bertz CT molecular complexity index is 602. The van der Waals surface area contributed by atoms with E-state index in [9.17, 15) is 14.4 Å². The molecule has 7 heteroatoms. The van der Waals surface area contributed by atoms with Crippen LogP contribution in [0.3, 0.4) is 0 Å². The van der Waals surface area contributed by atoms with Gasteiger partial charge < -0.3 is 15.4 Å². The zero-order valence-electron chi connectivity index (χ0n) is 14.7. The molecule has 0 spiro atoms. The number of rotatable bonds is 9. The van der Waals surface area contributed by atoms with E-state index in [2.05, 4.69) is 10.6 Å². The summed E-state index contributed by atoms with van der Waals surface area (Å²) >= 11 is 0. The number of carbonyl (C=O) groups excluding carboxylic acids is 3. The van der Waals surface area contributed by atoms with Gasteiger partial charge in [0.15, 0.2) is 0 Å². The summed E-state index contributed by atoms with van der Waals surface area (Å²) in [6, 6.07) is 8.94. The predicted octanol–water partition coefficient (Wildman–Crippen LogP) is 0.0973. The van der Waals surface area contributed by atoms with E-state index in [-0.39, 0.29) is 24.9 Å². The van der Waals surface area contributed by atoms with E-state index in [0.717, 1.165) is 18.4 Å². The minimum atomic E-state index is -0.756. The fraction of sp³-hybridized carbons (Fsp3) is 0.500. The number of nitrogens with zero attached hydrogens (tertiary/aromatic N) is 1. The van der Waals surface area contributed by atoms with Crippen LogP contribution in [0.5, 0.6) is 0 Å².